The molecule has 2 rings (SSSR count). The van der Waals surface area contributed by atoms with E-state index in [0.717, 1.165) is 0 Å². The van der Waals surface area contributed by atoms with E-state index in [2.05, 4.69) is 15.8 Å². The number of hydrogen-bond donors (Lipinski definition) is 2. The van der Waals surface area contributed by atoms with Crippen molar-refractivity contribution in [2.24, 2.45) is 5.10 Å². The average molecular weight is 368 g/mol. The smallest absolute Gasteiger partial charge is 0.259 e. The van der Waals surface area contributed by atoms with Crippen LogP contribution in [0, 0.1) is 5.82 Å². The molecule has 24 heavy (non-hydrogen) atoms. The standard InChI is InChI=1S/C16H12Cl2FN3O2/c17-13-6-3-11(7-14(13)18)16(24)20-9-15(23)22-21-8-10-1-4-12(19)5-2-10/h1-8H,9H2,(H,20,24)(H,22,23)/b21-8+. The van der Waals surface area contributed by atoms with Crippen LogP contribution in [0.1, 0.15) is 15.9 Å². The van der Waals surface area contributed by atoms with Crippen LogP contribution in [-0.4, -0.2) is 24.6 Å². The highest BCUT2D eigenvalue weighted by Gasteiger charge is 2.09. The van der Waals surface area contributed by atoms with Gasteiger partial charge in [-0.2, -0.15) is 5.10 Å². The largest absolute Gasteiger partial charge is 0.343 e. The lowest BCUT2D eigenvalue weighted by Gasteiger charge is -2.05. The van der Waals surface area contributed by atoms with Gasteiger partial charge in [-0.15, -0.1) is 0 Å². The maximum atomic E-state index is 12.7. The molecular formula is C16H12Cl2FN3O2. The summed E-state index contributed by atoms with van der Waals surface area (Å²) in [5.41, 5.74) is 3.15. The molecule has 2 aromatic rings. The lowest BCUT2D eigenvalue weighted by Crippen LogP contribution is -2.34. The number of benzene rings is 2. The lowest BCUT2D eigenvalue weighted by atomic mass is 10.2. The Morgan fingerprint density at radius 1 is 1.08 bits per heavy atom. The fourth-order valence-electron chi connectivity index (χ4n) is 1.67. The molecular weight excluding hydrogens is 356 g/mol. The van der Waals surface area contributed by atoms with Gasteiger partial charge in [0.2, 0.25) is 0 Å². The van der Waals surface area contributed by atoms with E-state index in [1.807, 2.05) is 0 Å². The van der Waals surface area contributed by atoms with E-state index in [9.17, 15) is 14.0 Å². The van der Waals surface area contributed by atoms with Crippen molar-refractivity contribution >= 4 is 41.2 Å². The first-order valence-electron chi connectivity index (χ1n) is 6.76. The molecule has 0 fully saturated rings. The number of nitrogens with zero attached hydrogens (tertiary/aromatic N) is 1. The number of halogens is 3. The van der Waals surface area contributed by atoms with Gasteiger partial charge in [0.1, 0.15) is 5.82 Å². The van der Waals surface area contributed by atoms with Crippen molar-refractivity contribution in [2.75, 3.05) is 6.54 Å². The zero-order chi connectivity index (χ0) is 17.5. The normalized spacial score (nSPS) is 10.6. The van der Waals surface area contributed by atoms with Gasteiger partial charge >= 0.3 is 0 Å². The summed E-state index contributed by atoms with van der Waals surface area (Å²) < 4.78 is 12.7. The monoisotopic (exact) mass is 367 g/mol. The van der Waals surface area contributed by atoms with Crippen LogP contribution in [0.2, 0.25) is 10.0 Å². The lowest BCUT2D eigenvalue weighted by molar-refractivity contribution is -0.120. The molecule has 8 heteroatoms. The minimum absolute atomic E-state index is 0.248. The Morgan fingerprint density at radius 3 is 2.46 bits per heavy atom. The summed E-state index contributed by atoms with van der Waals surface area (Å²) in [6.07, 6.45) is 1.36. The number of hydrazone groups is 1. The summed E-state index contributed by atoms with van der Waals surface area (Å²) in [5, 5.41) is 6.72. The molecule has 0 spiro atoms. The Kier molecular flexibility index (Phi) is 6.28. The van der Waals surface area contributed by atoms with E-state index in [1.165, 1.54) is 48.7 Å². The summed E-state index contributed by atoms with van der Waals surface area (Å²) in [5.74, 6) is -1.34. The third-order valence-corrected chi connectivity index (χ3v) is 3.60. The molecule has 2 amide bonds. The Hall–Kier alpha value is -2.44. The van der Waals surface area contributed by atoms with Crippen molar-refractivity contribution in [3.63, 3.8) is 0 Å². The van der Waals surface area contributed by atoms with E-state index in [1.54, 1.807) is 0 Å². The van der Waals surface area contributed by atoms with Gasteiger partial charge in [-0.1, -0.05) is 35.3 Å². The fourth-order valence-corrected chi connectivity index (χ4v) is 1.97. The predicted molar refractivity (Wildman–Crippen MR) is 90.9 cm³/mol. The molecule has 0 aliphatic rings. The Morgan fingerprint density at radius 2 is 1.79 bits per heavy atom. The molecule has 2 aromatic carbocycles. The maximum absolute atomic E-state index is 12.7. The average Bonchev–Trinajstić information content (AvgIpc) is 2.57. The fraction of sp³-hybridized carbons (Fsp3) is 0.0625. The van der Waals surface area contributed by atoms with E-state index in [4.69, 9.17) is 23.2 Å². The van der Waals surface area contributed by atoms with E-state index in [-0.39, 0.29) is 22.9 Å². The minimum Gasteiger partial charge on any atom is -0.343 e. The second-order valence-corrected chi connectivity index (χ2v) is 5.47. The molecule has 0 aliphatic carbocycles. The third kappa shape index (κ3) is 5.33. The van der Waals surface area contributed by atoms with Crippen LogP contribution >= 0.6 is 23.2 Å². The molecule has 5 nitrogen and oxygen atoms in total. The van der Waals surface area contributed by atoms with Crippen molar-refractivity contribution in [3.05, 3.63) is 69.5 Å². The number of nitrogens with one attached hydrogen (secondary N) is 2. The van der Waals surface area contributed by atoms with Crippen LogP contribution < -0.4 is 10.7 Å². The number of carbonyl (C=O) groups excluding carboxylic acids is 2. The van der Waals surface area contributed by atoms with Crippen molar-refractivity contribution in [2.45, 2.75) is 0 Å². The second kappa shape index (κ2) is 8.42. The van der Waals surface area contributed by atoms with Crippen molar-refractivity contribution in [3.8, 4) is 0 Å². The zero-order valence-corrected chi connectivity index (χ0v) is 13.7. The van der Waals surface area contributed by atoms with E-state index in [0.29, 0.717) is 10.6 Å². The molecule has 0 aliphatic heterocycles. The SMILES string of the molecule is O=C(CNC(=O)c1ccc(Cl)c(Cl)c1)N/N=C/c1ccc(F)cc1. The molecule has 0 saturated heterocycles. The number of amides is 2. The van der Waals surface area contributed by atoms with Gasteiger partial charge in [-0.3, -0.25) is 9.59 Å². The Labute approximate surface area is 147 Å². The van der Waals surface area contributed by atoms with Gasteiger partial charge in [0.05, 0.1) is 22.8 Å². The van der Waals surface area contributed by atoms with Crippen LogP contribution in [0.3, 0.4) is 0 Å². The van der Waals surface area contributed by atoms with Gasteiger partial charge in [0, 0.05) is 5.56 Å². The molecule has 0 heterocycles. The molecule has 0 atom stereocenters. The molecule has 0 radical (unpaired) electrons. The Balaban J connectivity index is 1.81. The number of rotatable bonds is 5. The van der Waals surface area contributed by atoms with Gasteiger partial charge in [0.15, 0.2) is 0 Å². The van der Waals surface area contributed by atoms with E-state index >= 15 is 0 Å². The van der Waals surface area contributed by atoms with Crippen molar-refractivity contribution < 1.29 is 14.0 Å². The summed E-state index contributed by atoms with van der Waals surface area (Å²) in [4.78, 5) is 23.5. The van der Waals surface area contributed by atoms with Crippen molar-refractivity contribution in [1.29, 1.82) is 0 Å². The zero-order valence-electron chi connectivity index (χ0n) is 12.2. The first-order valence-corrected chi connectivity index (χ1v) is 7.52. The van der Waals surface area contributed by atoms with Gasteiger partial charge in [-0.25, -0.2) is 9.82 Å². The topological polar surface area (TPSA) is 70.6 Å². The molecule has 2 N–H and O–H groups in total. The number of carbonyl (C=O) groups is 2. The molecule has 0 unspecified atom stereocenters. The second-order valence-electron chi connectivity index (χ2n) is 4.66. The summed E-state index contributed by atoms with van der Waals surface area (Å²) in [7, 11) is 0. The number of hydrogen-bond acceptors (Lipinski definition) is 3. The highest BCUT2D eigenvalue weighted by Crippen LogP contribution is 2.22. The Bertz CT molecular complexity index is 779. The first-order chi connectivity index (χ1) is 11.5. The minimum atomic E-state index is -0.512. The van der Waals surface area contributed by atoms with Crippen molar-refractivity contribution in [1.82, 2.24) is 10.7 Å². The maximum Gasteiger partial charge on any atom is 0.259 e. The first kappa shape index (κ1) is 17.9. The molecule has 124 valence electrons. The van der Waals surface area contributed by atoms with E-state index < -0.39 is 11.8 Å². The van der Waals surface area contributed by atoms with Gasteiger partial charge in [0.25, 0.3) is 11.8 Å². The summed E-state index contributed by atoms with van der Waals surface area (Å²) in [6.45, 7) is -0.264. The third-order valence-electron chi connectivity index (χ3n) is 2.86. The van der Waals surface area contributed by atoms with Crippen LogP contribution in [0.5, 0.6) is 0 Å². The molecule has 0 aromatic heterocycles. The highest BCUT2D eigenvalue weighted by molar-refractivity contribution is 6.42. The quantitative estimate of drug-likeness (QED) is 0.629. The molecule has 0 saturated carbocycles. The summed E-state index contributed by atoms with van der Waals surface area (Å²) in [6, 6.07) is 9.97. The van der Waals surface area contributed by atoms with Crippen LogP contribution in [0.15, 0.2) is 47.6 Å². The van der Waals surface area contributed by atoms with Gasteiger partial charge < -0.3 is 5.32 Å². The van der Waals surface area contributed by atoms with Crippen LogP contribution in [-0.2, 0) is 4.79 Å². The van der Waals surface area contributed by atoms with Gasteiger partial charge in [-0.05, 0) is 35.9 Å². The predicted octanol–water partition coefficient (Wildman–Crippen LogP) is 3.01. The highest BCUT2D eigenvalue weighted by atomic mass is 35.5. The molecule has 0 bridgehead atoms. The summed E-state index contributed by atoms with van der Waals surface area (Å²) >= 11 is 11.6. The van der Waals surface area contributed by atoms with Crippen LogP contribution in [0.4, 0.5) is 4.39 Å². The van der Waals surface area contributed by atoms with Crippen LogP contribution in [0.25, 0.3) is 0 Å².